The molecule has 2 rings (SSSR count). The Morgan fingerprint density at radius 2 is 2.36 bits per heavy atom. The number of nitrogens with two attached hydrogens (primary N) is 1. The molecule has 4 nitrogen and oxygen atoms in total. The molecule has 1 atom stereocenters. The minimum absolute atomic E-state index is 0.0805. The Kier molecular flexibility index (Phi) is 2.23. The van der Waals surface area contributed by atoms with Crippen LogP contribution in [0.25, 0.3) is 5.52 Å². The summed E-state index contributed by atoms with van der Waals surface area (Å²) in [7, 11) is 0. The van der Waals surface area contributed by atoms with Crippen LogP contribution in [0, 0.1) is 6.92 Å². The molecule has 1 unspecified atom stereocenters. The van der Waals surface area contributed by atoms with Gasteiger partial charge in [-0.25, -0.2) is 4.52 Å². The van der Waals surface area contributed by atoms with Crippen molar-refractivity contribution < 1.29 is 5.11 Å². The van der Waals surface area contributed by atoms with Crippen LogP contribution in [0.5, 0.6) is 0 Å². The lowest BCUT2D eigenvalue weighted by atomic mass is 10.2. The summed E-state index contributed by atoms with van der Waals surface area (Å²) in [5, 5.41) is 13.2. The molecule has 4 heteroatoms. The third-order valence-corrected chi connectivity index (χ3v) is 2.20. The third-order valence-electron chi connectivity index (χ3n) is 2.20. The number of fused-ring (bicyclic) bond motifs is 1. The Bertz CT molecular complexity index is 450. The van der Waals surface area contributed by atoms with Crippen molar-refractivity contribution >= 4 is 5.52 Å². The summed E-state index contributed by atoms with van der Waals surface area (Å²) < 4.78 is 1.78. The van der Waals surface area contributed by atoms with E-state index in [1.807, 2.05) is 31.3 Å². The van der Waals surface area contributed by atoms with Crippen molar-refractivity contribution in [1.82, 2.24) is 9.61 Å². The lowest BCUT2D eigenvalue weighted by Gasteiger charge is -2.01. The fraction of sp³-hybridized carbons (Fsp3) is 0.300. The number of aliphatic hydroxyl groups is 1. The van der Waals surface area contributed by atoms with Gasteiger partial charge in [-0.2, -0.15) is 5.10 Å². The van der Waals surface area contributed by atoms with E-state index in [-0.39, 0.29) is 6.61 Å². The molecule has 0 radical (unpaired) electrons. The predicted molar refractivity (Wildman–Crippen MR) is 53.9 cm³/mol. The van der Waals surface area contributed by atoms with E-state index in [1.54, 1.807) is 4.52 Å². The highest BCUT2D eigenvalue weighted by molar-refractivity contribution is 5.48. The zero-order valence-corrected chi connectivity index (χ0v) is 8.01. The van der Waals surface area contributed by atoms with Crippen molar-refractivity contribution in [1.29, 1.82) is 0 Å². The number of pyridine rings is 1. The van der Waals surface area contributed by atoms with Crippen molar-refractivity contribution in [2.45, 2.75) is 13.0 Å². The van der Waals surface area contributed by atoms with Crippen molar-refractivity contribution in [3.05, 3.63) is 35.7 Å². The zero-order chi connectivity index (χ0) is 10.1. The Morgan fingerprint density at radius 1 is 1.57 bits per heavy atom. The van der Waals surface area contributed by atoms with Gasteiger partial charge < -0.3 is 10.8 Å². The van der Waals surface area contributed by atoms with E-state index in [1.165, 1.54) is 0 Å². The van der Waals surface area contributed by atoms with Gasteiger partial charge >= 0.3 is 0 Å². The van der Waals surface area contributed by atoms with Crippen LogP contribution in [0.3, 0.4) is 0 Å². The molecular formula is C10H13N3O. The van der Waals surface area contributed by atoms with Gasteiger partial charge in [-0.1, -0.05) is 6.07 Å². The maximum atomic E-state index is 8.89. The minimum Gasteiger partial charge on any atom is -0.394 e. The number of hydrogen-bond donors (Lipinski definition) is 2. The first-order chi connectivity index (χ1) is 6.70. The van der Waals surface area contributed by atoms with E-state index in [0.29, 0.717) is 0 Å². The van der Waals surface area contributed by atoms with E-state index in [2.05, 4.69) is 5.10 Å². The number of nitrogens with zero attached hydrogens (tertiary/aromatic N) is 2. The molecule has 2 aromatic heterocycles. The molecule has 14 heavy (non-hydrogen) atoms. The highest BCUT2D eigenvalue weighted by atomic mass is 16.3. The van der Waals surface area contributed by atoms with Gasteiger partial charge in [0.15, 0.2) is 0 Å². The fourth-order valence-corrected chi connectivity index (χ4v) is 1.38. The topological polar surface area (TPSA) is 63.5 Å². The van der Waals surface area contributed by atoms with Crippen molar-refractivity contribution in [2.75, 3.05) is 6.61 Å². The van der Waals surface area contributed by atoms with Crippen molar-refractivity contribution in [2.24, 2.45) is 5.73 Å². The molecule has 2 heterocycles. The van der Waals surface area contributed by atoms with Crippen LogP contribution in [0.15, 0.2) is 24.4 Å². The summed E-state index contributed by atoms with van der Waals surface area (Å²) in [5.74, 6) is 0. The summed E-state index contributed by atoms with van der Waals surface area (Å²) >= 11 is 0. The molecule has 0 fully saturated rings. The molecule has 0 aliphatic heterocycles. The van der Waals surface area contributed by atoms with E-state index in [0.717, 1.165) is 16.8 Å². The normalized spacial score (nSPS) is 13.4. The zero-order valence-electron chi connectivity index (χ0n) is 8.01. The van der Waals surface area contributed by atoms with E-state index < -0.39 is 6.04 Å². The second kappa shape index (κ2) is 3.40. The molecule has 0 bridgehead atoms. The number of aliphatic hydroxyl groups excluding tert-OH is 1. The van der Waals surface area contributed by atoms with Crippen LogP contribution >= 0.6 is 0 Å². The summed E-state index contributed by atoms with van der Waals surface area (Å²) in [6.45, 7) is 1.93. The number of aromatic nitrogens is 2. The summed E-state index contributed by atoms with van der Waals surface area (Å²) in [4.78, 5) is 0. The molecule has 0 saturated carbocycles. The standard InChI is InChI=1S/C10H13N3O/c1-7-2-3-8-4-10(9(11)6-14)12-13(8)5-7/h2-5,9,14H,6,11H2,1H3. The first-order valence-corrected chi connectivity index (χ1v) is 4.53. The number of aryl methyl sites for hydroxylation is 1. The quantitative estimate of drug-likeness (QED) is 0.732. The molecule has 0 spiro atoms. The van der Waals surface area contributed by atoms with E-state index >= 15 is 0 Å². The van der Waals surface area contributed by atoms with Gasteiger partial charge in [0, 0.05) is 6.20 Å². The molecule has 0 amide bonds. The highest BCUT2D eigenvalue weighted by Gasteiger charge is 2.08. The van der Waals surface area contributed by atoms with Gasteiger partial charge in [-0.3, -0.25) is 0 Å². The predicted octanol–water partition coefficient (Wildman–Crippen LogP) is 0.635. The SMILES string of the molecule is Cc1ccc2cc(C(N)CO)nn2c1. The largest absolute Gasteiger partial charge is 0.394 e. The summed E-state index contributed by atoms with van der Waals surface area (Å²) in [6.07, 6.45) is 1.93. The first kappa shape index (κ1) is 9.18. The van der Waals surface area contributed by atoms with Gasteiger partial charge in [0.1, 0.15) is 0 Å². The van der Waals surface area contributed by atoms with Gasteiger partial charge in [-0.15, -0.1) is 0 Å². The number of rotatable bonds is 2. The van der Waals surface area contributed by atoms with Crippen LogP contribution in [0.1, 0.15) is 17.3 Å². The van der Waals surface area contributed by atoms with Crippen LogP contribution in [-0.4, -0.2) is 21.3 Å². The minimum atomic E-state index is -0.393. The second-order valence-corrected chi connectivity index (χ2v) is 3.43. The van der Waals surface area contributed by atoms with E-state index in [9.17, 15) is 0 Å². The van der Waals surface area contributed by atoms with Crippen LogP contribution in [-0.2, 0) is 0 Å². The van der Waals surface area contributed by atoms with Gasteiger partial charge in [0.25, 0.3) is 0 Å². The van der Waals surface area contributed by atoms with Gasteiger partial charge in [-0.05, 0) is 24.6 Å². The lowest BCUT2D eigenvalue weighted by molar-refractivity contribution is 0.265. The molecule has 0 aliphatic carbocycles. The molecule has 0 aromatic carbocycles. The van der Waals surface area contributed by atoms with Crippen molar-refractivity contribution in [3.8, 4) is 0 Å². The molecule has 0 saturated heterocycles. The average molecular weight is 191 g/mol. The third kappa shape index (κ3) is 1.49. The Balaban J connectivity index is 2.51. The first-order valence-electron chi connectivity index (χ1n) is 4.53. The smallest absolute Gasteiger partial charge is 0.0825 e. The van der Waals surface area contributed by atoms with Crippen molar-refractivity contribution in [3.63, 3.8) is 0 Å². The summed E-state index contributed by atoms with van der Waals surface area (Å²) in [5.41, 5.74) is 8.53. The van der Waals surface area contributed by atoms with Crippen LogP contribution < -0.4 is 5.73 Å². The fourth-order valence-electron chi connectivity index (χ4n) is 1.38. The highest BCUT2D eigenvalue weighted by Crippen LogP contribution is 2.12. The maximum absolute atomic E-state index is 8.89. The van der Waals surface area contributed by atoms with Crippen LogP contribution in [0.4, 0.5) is 0 Å². The molecule has 0 aliphatic rings. The molecule has 3 N–H and O–H groups in total. The van der Waals surface area contributed by atoms with Gasteiger partial charge in [0.2, 0.25) is 0 Å². The number of hydrogen-bond acceptors (Lipinski definition) is 3. The monoisotopic (exact) mass is 191 g/mol. The molecule has 2 aromatic rings. The van der Waals surface area contributed by atoms with E-state index in [4.69, 9.17) is 10.8 Å². The van der Waals surface area contributed by atoms with Gasteiger partial charge in [0.05, 0.1) is 23.9 Å². The lowest BCUT2D eigenvalue weighted by Crippen LogP contribution is -2.14. The second-order valence-electron chi connectivity index (χ2n) is 3.43. The molecular weight excluding hydrogens is 178 g/mol. The Hall–Kier alpha value is -1.39. The average Bonchev–Trinajstić information content (AvgIpc) is 2.59. The summed E-state index contributed by atoms with van der Waals surface area (Å²) in [6, 6.07) is 5.50. The van der Waals surface area contributed by atoms with Crippen LogP contribution in [0.2, 0.25) is 0 Å². The Labute approximate surface area is 82.0 Å². The maximum Gasteiger partial charge on any atom is 0.0825 e. The molecule has 74 valence electrons. The Morgan fingerprint density at radius 3 is 3.07 bits per heavy atom.